The summed E-state index contributed by atoms with van der Waals surface area (Å²) in [4.78, 5) is 12.9. The molecule has 0 spiro atoms. The summed E-state index contributed by atoms with van der Waals surface area (Å²) in [5, 5.41) is 2.74. The van der Waals surface area contributed by atoms with Gasteiger partial charge < -0.3 is 14.8 Å². The van der Waals surface area contributed by atoms with E-state index < -0.39 is 22.5 Å². The molecule has 1 amide bonds. The minimum Gasteiger partial charge on any atom is -0.486 e. The zero-order chi connectivity index (χ0) is 21.8. The fourth-order valence-corrected chi connectivity index (χ4v) is 4.94. The molecule has 0 bridgehead atoms. The third-order valence-corrected chi connectivity index (χ3v) is 6.82. The molecular weight excluding hydrogens is 484 g/mol. The number of ether oxygens (including phenoxy) is 2. The molecule has 0 aliphatic carbocycles. The smallest absolute Gasteiger partial charge is 0.264 e. The van der Waals surface area contributed by atoms with Crippen molar-refractivity contribution in [3.63, 3.8) is 0 Å². The van der Waals surface area contributed by atoms with E-state index in [1.54, 1.807) is 60.7 Å². The first-order valence-corrected chi connectivity index (χ1v) is 11.7. The maximum Gasteiger partial charge on any atom is 0.264 e. The van der Waals surface area contributed by atoms with E-state index in [2.05, 4.69) is 21.2 Å². The van der Waals surface area contributed by atoms with Crippen LogP contribution < -0.4 is 19.1 Å². The van der Waals surface area contributed by atoms with Gasteiger partial charge in [0.25, 0.3) is 10.0 Å². The standard InChI is InChI=1S/C22H19BrN2O5S/c23-16-5-4-6-18(13-16)25(31(27,28)19-7-2-1-3-8-19)15-22(26)24-17-9-10-20-21(14-17)30-12-11-29-20/h1-10,13-14H,11-12,15H2,(H,24,26). The highest BCUT2D eigenvalue weighted by molar-refractivity contribution is 9.10. The van der Waals surface area contributed by atoms with Gasteiger partial charge in [0.15, 0.2) is 11.5 Å². The Kier molecular flexibility index (Phi) is 6.15. The number of sulfonamides is 1. The van der Waals surface area contributed by atoms with Crippen LogP contribution in [0.25, 0.3) is 0 Å². The zero-order valence-electron chi connectivity index (χ0n) is 16.3. The van der Waals surface area contributed by atoms with E-state index in [4.69, 9.17) is 9.47 Å². The van der Waals surface area contributed by atoms with Crippen LogP contribution in [0.3, 0.4) is 0 Å². The second-order valence-electron chi connectivity index (χ2n) is 6.71. The van der Waals surface area contributed by atoms with Crippen LogP contribution in [0.15, 0.2) is 82.2 Å². The van der Waals surface area contributed by atoms with Crippen molar-refractivity contribution < 1.29 is 22.7 Å². The molecule has 1 heterocycles. The van der Waals surface area contributed by atoms with Crippen molar-refractivity contribution in [2.75, 3.05) is 29.4 Å². The van der Waals surface area contributed by atoms with E-state index >= 15 is 0 Å². The Morgan fingerprint density at radius 2 is 1.68 bits per heavy atom. The Morgan fingerprint density at radius 1 is 0.935 bits per heavy atom. The van der Waals surface area contributed by atoms with Gasteiger partial charge in [0.1, 0.15) is 19.8 Å². The van der Waals surface area contributed by atoms with E-state index in [1.165, 1.54) is 12.1 Å². The van der Waals surface area contributed by atoms with Gasteiger partial charge in [0, 0.05) is 16.2 Å². The number of hydrogen-bond donors (Lipinski definition) is 1. The number of anilines is 2. The molecule has 160 valence electrons. The zero-order valence-corrected chi connectivity index (χ0v) is 18.7. The molecule has 31 heavy (non-hydrogen) atoms. The van der Waals surface area contributed by atoms with Gasteiger partial charge in [0.2, 0.25) is 5.91 Å². The molecule has 0 unspecified atom stereocenters. The minimum absolute atomic E-state index is 0.0992. The van der Waals surface area contributed by atoms with Crippen LogP contribution in [-0.2, 0) is 14.8 Å². The highest BCUT2D eigenvalue weighted by Crippen LogP contribution is 2.33. The summed E-state index contributed by atoms with van der Waals surface area (Å²) in [6.45, 7) is 0.496. The summed E-state index contributed by atoms with van der Waals surface area (Å²) < 4.78 is 39.4. The number of carbonyl (C=O) groups excluding carboxylic acids is 1. The second-order valence-corrected chi connectivity index (χ2v) is 9.49. The third-order valence-electron chi connectivity index (χ3n) is 4.54. The molecular formula is C22H19BrN2O5S. The van der Waals surface area contributed by atoms with Crippen molar-refractivity contribution in [3.05, 3.63) is 77.3 Å². The summed E-state index contributed by atoms with van der Waals surface area (Å²) in [6, 6.07) is 19.8. The lowest BCUT2D eigenvalue weighted by Gasteiger charge is -2.24. The average molecular weight is 503 g/mol. The first kappa shape index (κ1) is 21.2. The quantitative estimate of drug-likeness (QED) is 0.549. The Balaban J connectivity index is 1.61. The lowest BCUT2D eigenvalue weighted by Crippen LogP contribution is -2.38. The summed E-state index contributed by atoms with van der Waals surface area (Å²) in [7, 11) is -3.97. The molecule has 0 radical (unpaired) electrons. The molecule has 3 aromatic carbocycles. The average Bonchev–Trinajstić information content (AvgIpc) is 2.78. The predicted octanol–water partition coefficient (Wildman–Crippen LogP) is 4.05. The van der Waals surface area contributed by atoms with Crippen LogP contribution >= 0.6 is 15.9 Å². The van der Waals surface area contributed by atoms with Crippen LogP contribution in [0, 0.1) is 0 Å². The fourth-order valence-electron chi connectivity index (χ4n) is 3.12. The molecule has 0 atom stereocenters. The van der Waals surface area contributed by atoms with Crippen molar-refractivity contribution in [2.24, 2.45) is 0 Å². The van der Waals surface area contributed by atoms with Gasteiger partial charge in [0.05, 0.1) is 10.6 Å². The number of nitrogens with zero attached hydrogens (tertiary/aromatic N) is 1. The monoisotopic (exact) mass is 502 g/mol. The number of halogens is 1. The lowest BCUT2D eigenvalue weighted by atomic mass is 10.2. The predicted molar refractivity (Wildman–Crippen MR) is 121 cm³/mol. The topological polar surface area (TPSA) is 84.9 Å². The van der Waals surface area contributed by atoms with Gasteiger partial charge >= 0.3 is 0 Å². The summed E-state index contributed by atoms with van der Waals surface area (Å²) in [6.07, 6.45) is 0. The number of fused-ring (bicyclic) bond motifs is 1. The van der Waals surface area contributed by atoms with E-state index in [1.807, 2.05) is 0 Å². The Hall–Kier alpha value is -3.04. The van der Waals surface area contributed by atoms with E-state index in [0.717, 1.165) is 4.31 Å². The van der Waals surface area contributed by atoms with Crippen LogP contribution in [0.2, 0.25) is 0 Å². The van der Waals surface area contributed by atoms with Gasteiger partial charge in [-0.3, -0.25) is 9.10 Å². The van der Waals surface area contributed by atoms with Crippen LogP contribution in [0.4, 0.5) is 11.4 Å². The lowest BCUT2D eigenvalue weighted by molar-refractivity contribution is -0.114. The number of amides is 1. The second kappa shape index (κ2) is 8.99. The van der Waals surface area contributed by atoms with Gasteiger partial charge in [-0.05, 0) is 42.5 Å². The molecule has 0 aromatic heterocycles. The molecule has 0 fully saturated rings. The normalized spacial score (nSPS) is 12.8. The Morgan fingerprint density at radius 3 is 2.42 bits per heavy atom. The number of rotatable bonds is 6. The van der Waals surface area contributed by atoms with Crippen molar-refractivity contribution in [1.29, 1.82) is 0 Å². The maximum atomic E-state index is 13.3. The van der Waals surface area contributed by atoms with Gasteiger partial charge in [-0.25, -0.2) is 8.42 Å². The first-order valence-electron chi connectivity index (χ1n) is 9.46. The molecule has 1 aliphatic heterocycles. The van der Waals surface area contributed by atoms with E-state index in [0.29, 0.717) is 40.6 Å². The largest absolute Gasteiger partial charge is 0.486 e. The Bertz CT molecular complexity index is 1200. The Labute approximate surface area is 188 Å². The van der Waals surface area contributed by atoms with E-state index in [9.17, 15) is 13.2 Å². The molecule has 0 saturated heterocycles. The fraction of sp³-hybridized carbons (Fsp3) is 0.136. The molecule has 9 heteroatoms. The van der Waals surface area contributed by atoms with Crippen molar-refractivity contribution in [3.8, 4) is 11.5 Å². The summed E-state index contributed by atoms with van der Waals surface area (Å²) in [5.74, 6) is 0.646. The molecule has 1 aliphatic rings. The SMILES string of the molecule is O=C(CN(c1cccc(Br)c1)S(=O)(=O)c1ccccc1)Nc1ccc2c(c1)OCCO2. The summed E-state index contributed by atoms with van der Waals surface area (Å²) >= 11 is 3.36. The van der Waals surface area contributed by atoms with Crippen LogP contribution in [0.1, 0.15) is 0 Å². The molecule has 7 nitrogen and oxygen atoms in total. The molecule has 0 saturated carbocycles. The van der Waals surface area contributed by atoms with Gasteiger partial charge in [-0.2, -0.15) is 0 Å². The highest BCUT2D eigenvalue weighted by Gasteiger charge is 2.27. The molecule has 4 rings (SSSR count). The van der Waals surface area contributed by atoms with Crippen LogP contribution in [0.5, 0.6) is 11.5 Å². The maximum absolute atomic E-state index is 13.3. The van der Waals surface area contributed by atoms with Gasteiger partial charge in [-0.15, -0.1) is 0 Å². The van der Waals surface area contributed by atoms with Crippen molar-refractivity contribution in [2.45, 2.75) is 4.90 Å². The first-order chi connectivity index (χ1) is 14.9. The highest BCUT2D eigenvalue weighted by atomic mass is 79.9. The van der Waals surface area contributed by atoms with E-state index in [-0.39, 0.29) is 4.90 Å². The number of hydrogen-bond acceptors (Lipinski definition) is 5. The van der Waals surface area contributed by atoms with Crippen molar-refractivity contribution >= 4 is 43.2 Å². The minimum atomic E-state index is -3.97. The third kappa shape index (κ3) is 4.83. The van der Waals surface area contributed by atoms with Crippen LogP contribution in [-0.4, -0.2) is 34.1 Å². The number of benzene rings is 3. The van der Waals surface area contributed by atoms with Gasteiger partial charge in [-0.1, -0.05) is 40.2 Å². The molecule has 3 aromatic rings. The molecule has 1 N–H and O–H groups in total. The van der Waals surface area contributed by atoms with Crippen molar-refractivity contribution in [1.82, 2.24) is 0 Å². The number of nitrogens with one attached hydrogen (secondary N) is 1. The number of carbonyl (C=O) groups is 1. The summed E-state index contributed by atoms with van der Waals surface area (Å²) in [5.41, 5.74) is 0.858.